The number of hydrogen-bond donors (Lipinski definition) is 1. The molecular formula is C24H32N4O4. The molecule has 8 heteroatoms. The zero-order valence-corrected chi connectivity index (χ0v) is 19.7. The monoisotopic (exact) mass is 440 g/mol. The number of carbonyl (C=O) groups is 3. The molecule has 2 amide bonds. The van der Waals surface area contributed by atoms with Crippen LogP contribution in [0.4, 0.5) is 5.69 Å². The summed E-state index contributed by atoms with van der Waals surface area (Å²) in [7, 11) is 0. The van der Waals surface area contributed by atoms with Crippen molar-refractivity contribution in [3.8, 4) is 0 Å². The topological polar surface area (TPSA) is 93.5 Å². The van der Waals surface area contributed by atoms with Crippen molar-refractivity contribution in [2.45, 2.75) is 60.0 Å². The van der Waals surface area contributed by atoms with Crippen molar-refractivity contribution in [2.75, 3.05) is 18.1 Å². The molecule has 0 bridgehead atoms. The Morgan fingerprint density at radius 1 is 1.22 bits per heavy atom. The summed E-state index contributed by atoms with van der Waals surface area (Å²) < 4.78 is 6.48. The first-order valence-electron chi connectivity index (χ1n) is 11.0. The zero-order valence-electron chi connectivity index (χ0n) is 19.7. The number of carbonyl (C=O) groups excluding carboxylic acids is 3. The number of nitrogens with one attached hydrogen (secondary N) is 1. The van der Waals surface area contributed by atoms with Crippen LogP contribution < -0.4 is 10.2 Å². The quantitative estimate of drug-likeness (QED) is 0.667. The minimum absolute atomic E-state index is 0.0553. The van der Waals surface area contributed by atoms with Crippen molar-refractivity contribution in [1.29, 1.82) is 0 Å². The van der Waals surface area contributed by atoms with E-state index in [1.165, 1.54) is 15.6 Å². The molecule has 1 aliphatic heterocycles. The lowest BCUT2D eigenvalue weighted by molar-refractivity contribution is -0.126. The highest BCUT2D eigenvalue weighted by molar-refractivity contribution is 6.12. The molecule has 8 nitrogen and oxygen atoms in total. The lowest BCUT2D eigenvalue weighted by Gasteiger charge is -2.43. The zero-order chi connectivity index (χ0) is 23.6. The van der Waals surface area contributed by atoms with Crippen molar-refractivity contribution in [2.24, 2.45) is 5.92 Å². The summed E-state index contributed by atoms with van der Waals surface area (Å²) >= 11 is 0. The summed E-state index contributed by atoms with van der Waals surface area (Å²) in [6.45, 7) is 12.4. The van der Waals surface area contributed by atoms with E-state index in [1.807, 2.05) is 32.0 Å². The number of esters is 1. The van der Waals surface area contributed by atoms with Crippen LogP contribution in [0.3, 0.4) is 0 Å². The van der Waals surface area contributed by atoms with Gasteiger partial charge >= 0.3 is 5.97 Å². The molecule has 0 fully saturated rings. The van der Waals surface area contributed by atoms with Crippen molar-refractivity contribution < 1.29 is 19.1 Å². The molecule has 2 aromatic rings. The van der Waals surface area contributed by atoms with Crippen LogP contribution in [0.25, 0.3) is 0 Å². The fourth-order valence-electron chi connectivity index (χ4n) is 3.82. The van der Waals surface area contributed by atoms with E-state index < -0.39 is 11.5 Å². The molecule has 0 spiro atoms. The molecule has 0 radical (unpaired) electrons. The molecule has 1 N–H and O–H groups in total. The Balaban J connectivity index is 2.06. The number of ether oxygens (including phenoxy) is 1. The molecule has 1 aromatic heterocycles. The van der Waals surface area contributed by atoms with Crippen LogP contribution in [0.15, 0.2) is 24.3 Å². The van der Waals surface area contributed by atoms with Crippen LogP contribution in [0.2, 0.25) is 0 Å². The first-order chi connectivity index (χ1) is 15.1. The standard InChI is InChI=1S/C24H32N4O4/c1-7-32-22(30)19-13-20-21(29)28(18-9-8-16(4)17(5)12-18)24(6,14-27(20)26-19)23(31)25-11-10-15(2)3/h8-9,12-13,15H,7,10-11,14H2,1-6H3,(H,25,31)/t24-/m0/s1. The van der Waals surface area contributed by atoms with Gasteiger partial charge in [0, 0.05) is 18.3 Å². The van der Waals surface area contributed by atoms with Crippen LogP contribution in [-0.2, 0) is 16.1 Å². The molecule has 32 heavy (non-hydrogen) atoms. The smallest absolute Gasteiger partial charge is 0.358 e. The van der Waals surface area contributed by atoms with E-state index in [2.05, 4.69) is 24.3 Å². The van der Waals surface area contributed by atoms with E-state index in [0.29, 0.717) is 18.2 Å². The van der Waals surface area contributed by atoms with Gasteiger partial charge in [-0.2, -0.15) is 5.10 Å². The van der Waals surface area contributed by atoms with Crippen molar-refractivity contribution in [3.63, 3.8) is 0 Å². The van der Waals surface area contributed by atoms with Crippen LogP contribution in [0.1, 0.15) is 66.2 Å². The van der Waals surface area contributed by atoms with Crippen molar-refractivity contribution in [1.82, 2.24) is 15.1 Å². The number of nitrogens with zero attached hydrogens (tertiary/aromatic N) is 3. The van der Waals surface area contributed by atoms with Gasteiger partial charge in [0.25, 0.3) is 5.91 Å². The Morgan fingerprint density at radius 2 is 1.94 bits per heavy atom. The number of amides is 2. The predicted molar refractivity (Wildman–Crippen MR) is 122 cm³/mol. The largest absolute Gasteiger partial charge is 0.461 e. The number of aryl methyl sites for hydroxylation is 2. The number of hydrogen-bond acceptors (Lipinski definition) is 5. The van der Waals surface area contributed by atoms with Gasteiger partial charge in [0.05, 0.1) is 13.2 Å². The van der Waals surface area contributed by atoms with Gasteiger partial charge < -0.3 is 10.1 Å². The molecule has 0 saturated carbocycles. The maximum absolute atomic E-state index is 13.6. The average molecular weight is 441 g/mol. The summed E-state index contributed by atoms with van der Waals surface area (Å²) in [6.07, 6.45) is 0.833. The lowest BCUT2D eigenvalue weighted by atomic mass is 9.93. The van der Waals surface area contributed by atoms with Crippen LogP contribution in [0, 0.1) is 19.8 Å². The Hall–Kier alpha value is -3.16. The summed E-state index contributed by atoms with van der Waals surface area (Å²) in [5.74, 6) is -0.799. The molecule has 2 heterocycles. The van der Waals surface area contributed by atoms with Crippen LogP contribution >= 0.6 is 0 Å². The second-order valence-electron chi connectivity index (χ2n) is 8.91. The van der Waals surface area contributed by atoms with Gasteiger partial charge in [0.2, 0.25) is 5.91 Å². The Kier molecular flexibility index (Phi) is 6.71. The van der Waals surface area contributed by atoms with E-state index in [0.717, 1.165) is 17.5 Å². The fraction of sp³-hybridized carbons (Fsp3) is 0.500. The first kappa shape index (κ1) is 23.5. The molecule has 0 saturated heterocycles. The first-order valence-corrected chi connectivity index (χ1v) is 11.0. The normalized spacial score (nSPS) is 18.0. The third-order valence-corrected chi connectivity index (χ3v) is 5.88. The molecule has 172 valence electrons. The van der Waals surface area contributed by atoms with E-state index in [4.69, 9.17) is 4.74 Å². The minimum Gasteiger partial charge on any atom is -0.461 e. The van der Waals surface area contributed by atoms with Gasteiger partial charge in [-0.25, -0.2) is 4.79 Å². The Morgan fingerprint density at radius 3 is 2.56 bits per heavy atom. The maximum Gasteiger partial charge on any atom is 0.358 e. The van der Waals surface area contributed by atoms with Gasteiger partial charge in [-0.05, 0) is 63.3 Å². The van der Waals surface area contributed by atoms with E-state index in [9.17, 15) is 14.4 Å². The van der Waals surface area contributed by atoms with E-state index in [-0.39, 0.29) is 36.4 Å². The van der Waals surface area contributed by atoms with Crippen LogP contribution in [0.5, 0.6) is 0 Å². The summed E-state index contributed by atoms with van der Waals surface area (Å²) in [5.41, 5.74) is 1.82. The van der Waals surface area contributed by atoms with Gasteiger partial charge in [0.15, 0.2) is 5.69 Å². The molecule has 0 aliphatic carbocycles. The highest BCUT2D eigenvalue weighted by atomic mass is 16.5. The molecule has 1 aliphatic rings. The predicted octanol–water partition coefficient (Wildman–Crippen LogP) is 3.26. The summed E-state index contributed by atoms with van der Waals surface area (Å²) in [4.78, 5) is 40.8. The Bertz CT molecular complexity index is 1040. The van der Waals surface area contributed by atoms with Crippen molar-refractivity contribution >= 4 is 23.5 Å². The van der Waals surface area contributed by atoms with Gasteiger partial charge in [-0.15, -0.1) is 0 Å². The number of anilines is 1. The maximum atomic E-state index is 13.6. The number of fused-ring (bicyclic) bond motifs is 1. The van der Waals surface area contributed by atoms with Gasteiger partial charge in [-0.3, -0.25) is 19.2 Å². The Labute approximate surface area is 188 Å². The second-order valence-corrected chi connectivity index (χ2v) is 8.91. The summed E-state index contributed by atoms with van der Waals surface area (Å²) in [5, 5.41) is 7.27. The number of aromatic nitrogens is 2. The van der Waals surface area contributed by atoms with Crippen molar-refractivity contribution in [3.05, 3.63) is 46.8 Å². The minimum atomic E-state index is -1.22. The number of rotatable bonds is 7. The SMILES string of the molecule is CCOC(=O)c1cc2n(n1)C[C@@](C)(C(=O)NCCC(C)C)N(c1ccc(C)c(C)c1)C2=O. The molecule has 3 rings (SSSR count). The van der Waals surface area contributed by atoms with E-state index >= 15 is 0 Å². The second kappa shape index (κ2) is 9.14. The third-order valence-electron chi connectivity index (χ3n) is 5.88. The summed E-state index contributed by atoms with van der Waals surface area (Å²) in [6, 6.07) is 7.12. The van der Waals surface area contributed by atoms with E-state index in [1.54, 1.807) is 13.8 Å². The highest BCUT2D eigenvalue weighted by Crippen LogP contribution is 2.34. The molecule has 1 atom stereocenters. The number of benzene rings is 1. The average Bonchev–Trinajstić information content (AvgIpc) is 3.14. The molecule has 0 unspecified atom stereocenters. The van der Waals surface area contributed by atoms with Gasteiger partial charge in [0.1, 0.15) is 11.2 Å². The van der Waals surface area contributed by atoms with Crippen LogP contribution in [-0.4, -0.2) is 46.3 Å². The molecule has 1 aromatic carbocycles. The highest BCUT2D eigenvalue weighted by Gasteiger charge is 2.49. The lowest BCUT2D eigenvalue weighted by Crippen LogP contribution is -2.64. The third kappa shape index (κ3) is 4.40. The fourth-order valence-corrected chi connectivity index (χ4v) is 3.82. The van der Waals surface area contributed by atoms with Gasteiger partial charge in [-0.1, -0.05) is 19.9 Å². The molecular weight excluding hydrogens is 408 g/mol.